The number of carbonyl (C=O) groups excluding carboxylic acids is 1. The van der Waals surface area contributed by atoms with Crippen LogP contribution in [0.2, 0.25) is 0 Å². The van der Waals surface area contributed by atoms with Crippen molar-refractivity contribution in [1.29, 1.82) is 0 Å². The zero-order valence-corrected chi connectivity index (χ0v) is 29.4. The number of rotatable bonds is 13. The van der Waals surface area contributed by atoms with Gasteiger partial charge in [-0.05, 0) is 97.3 Å². The molecule has 2 amide bonds. The number of hydrogen-bond acceptors (Lipinski definition) is 6. The molecule has 0 bridgehead atoms. The number of nitrogens with zero attached hydrogens (tertiary/aromatic N) is 3. The maximum Gasteiger partial charge on any atom is 0.323 e. The second-order valence-electron chi connectivity index (χ2n) is 13.3. The van der Waals surface area contributed by atoms with E-state index >= 15 is 0 Å². The molecule has 0 aliphatic carbocycles. The quantitative estimate of drug-likeness (QED) is 0.150. The molecule has 9 nitrogen and oxygen atoms in total. The van der Waals surface area contributed by atoms with Crippen LogP contribution in [0.15, 0.2) is 59.5 Å². The fourth-order valence-corrected chi connectivity index (χ4v) is 6.53. The summed E-state index contributed by atoms with van der Waals surface area (Å²) in [5.41, 5.74) is 4.56. The monoisotopic (exact) mass is 653 g/mol. The number of likely N-dealkylation sites (tertiary alicyclic amines) is 1. The maximum atomic E-state index is 14.3. The van der Waals surface area contributed by atoms with Crippen LogP contribution in [-0.2, 0) is 6.54 Å². The molecule has 3 heterocycles. The molecule has 2 aromatic carbocycles. The van der Waals surface area contributed by atoms with Gasteiger partial charge in [0.25, 0.3) is 5.56 Å². The van der Waals surface area contributed by atoms with E-state index in [4.69, 9.17) is 9.47 Å². The number of carbonyl (C=O) groups is 1. The summed E-state index contributed by atoms with van der Waals surface area (Å²) in [4.78, 5) is 35.4. The second-order valence-corrected chi connectivity index (χ2v) is 13.3. The third-order valence-corrected chi connectivity index (χ3v) is 9.13. The number of nitrogens with one attached hydrogen (secondary N) is 2. The molecule has 9 heteroatoms. The highest BCUT2D eigenvalue weighted by Crippen LogP contribution is 2.38. The van der Waals surface area contributed by atoms with Crippen LogP contribution in [0, 0.1) is 0 Å². The van der Waals surface area contributed by atoms with Crippen molar-refractivity contribution in [2.24, 2.45) is 0 Å². The van der Waals surface area contributed by atoms with Crippen LogP contribution in [0.3, 0.4) is 0 Å². The lowest BCUT2D eigenvalue weighted by Gasteiger charge is -2.26. The van der Waals surface area contributed by atoms with Crippen LogP contribution in [0.4, 0.5) is 16.2 Å². The van der Waals surface area contributed by atoms with E-state index in [0.717, 1.165) is 66.0 Å². The molecule has 1 fully saturated rings. The van der Waals surface area contributed by atoms with Gasteiger partial charge in [0.1, 0.15) is 29.4 Å². The number of pyridine rings is 2. The van der Waals surface area contributed by atoms with Gasteiger partial charge >= 0.3 is 6.03 Å². The van der Waals surface area contributed by atoms with E-state index in [1.165, 1.54) is 19.3 Å². The SMILES string of the molecule is CCCCn1c(=O)c(NC(=O)Nc2c(C(C)C)cc(OCCN3CCCCC3)cc2C(C)C)c(-c2cccc(OC)c2)c2cccnc21. The van der Waals surface area contributed by atoms with E-state index in [0.29, 0.717) is 30.1 Å². The fourth-order valence-electron chi connectivity index (χ4n) is 6.53. The van der Waals surface area contributed by atoms with Crippen molar-refractivity contribution in [2.75, 3.05) is 44.0 Å². The molecule has 4 aromatic rings. The number of ether oxygens (including phenoxy) is 2. The number of methoxy groups -OCH3 is 1. The van der Waals surface area contributed by atoms with E-state index < -0.39 is 6.03 Å². The topological polar surface area (TPSA) is 97.7 Å². The number of unbranched alkanes of at least 4 members (excludes halogenated alkanes) is 1. The molecule has 48 heavy (non-hydrogen) atoms. The summed E-state index contributed by atoms with van der Waals surface area (Å²) in [6.45, 7) is 14.8. The number of aromatic nitrogens is 2. The van der Waals surface area contributed by atoms with E-state index in [1.54, 1.807) is 17.9 Å². The molecule has 0 spiro atoms. The van der Waals surface area contributed by atoms with Crippen molar-refractivity contribution in [3.63, 3.8) is 0 Å². The zero-order chi connectivity index (χ0) is 34.2. The number of urea groups is 1. The molecule has 2 N–H and O–H groups in total. The van der Waals surface area contributed by atoms with Gasteiger partial charge in [-0.15, -0.1) is 0 Å². The Morgan fingerprint density at radius 1 is 0.896 bits per heavy atom. The molecule has 1 aliphatic heterocycles. The molecule has 0 radical (unpaired) electrons. The van der Waals surface area contributed by atoms with Gasteiger partial charge in [-0.25, -0.2) is 9.78 Å². The van der Waals surface area contributed by atoms with Crippen molar-refractivity contribution >= 4 is 28.4 Å². The molecule has 1 saturated heterocycles. The Balaban J connectivity index is 1.52. The predicted molar refractivity (Wildman–Crippen MR) is 196 cm³/mol. The first-order chi connectivity index (χ1) is 23.2. The Bertz CT molecular complexity index is 1750. The molecule has 0 atom stereocenters. The second kappa shape index (κ2) is 16.2. The smallest absolute Gasteiger partial charge is 0.323 e. The average Bonchev–Trinajstić information content (AvgIpc) is 3.09. The summed E-state index contributed by atoms with van der Waals surface area (Å²) >= 11 is 0. The number of piperidine rings is 1. The van der Waals surface area contributed by atoms with Crippen LogP contribution >= 0.6 is 0 Å². The highest BCUT2D eigenvalue weighted by atomic mass is 16.5. The molecular weight excluding hydrogens is 602 g/mol. The minimum atomic E-state index is -0.482. The van der Waals surface area contributed by atoms with Crippen molar-refractivity contribution < 1.29 is 14.3 Å². The summed E-state index contributed by atoms with van der Waals surface area (Å²) in [5, 5.41) is 6.94. The Kier molecular flexibility index (Phi) is 11.8. The first kappa shape index (κ1) is 35.0. The summed E-state index contributed by atoms with van der Waals surface area (Å²) in [6, 6.07) is 14.9. The number of fused-ring (bicyclic) bond motifs is 1. The fraction of sp³-hybridized carbons (Fsp3) is 0.462. The molecule has 1 aliphatic rings. The zero-order valence-electron chi connectivity index (χ0n) is 29.4. The van der Waals surface area contributed by atoms with Crippen LogP contribution in [0.1, 0.15) is 89.7 Å². The van der Waals surface area contributed by atoms with Gasteiger partial charge in [-0.3, -0.25) is 14.3 Å². The van der Waals surface area contributed by atoms with E-state index in [-0.39, 0.29) is 23.1 Å². The Hall–Kier alpha value is -4.37. The van der Waals surface area contributed by atoms with Crippen LogP contribution in [-0.4, -0.2) is 53.8 Å². The standard InChI is InChI=1S/C39H51N5O4/c1-7-8-20-44-37-31(16-13-17-40-37)34(28-14-12-15-29(23-28)47-6)36(38(44)45)42-39(46)41-35-32(26(2)3)24-30(25-33(35)27(4)5)48-22-21-43-18-10-9-11-19-43/h12-17,23-27H,7-11,18-22H2,1-6H3,(H2,41,42,46). The molecular formula is C39H51N5O4. The van der Waals surface area contributed by atoms with Crippen LogP contribution < -0.4 is 25.7 Å². The lowest BCUT2D eigenvalue weighted by Crippen LogP contribution is -2.33. The van der Waals surface area contributed by atoms with Crippen LogP contribution in [0.25, 0.3) is 22.2 Å². The lowest BCUT2D eigenvalue weighted by molar-refractivity contribution is 0.183. The summed E-state index contributed by atoms with van der Waals surface area (Å²) in [7, 11) is 1.61. The average molecular weight is 654 g/mol. The molecule has 256 valence electrons. The highest BCUT2D eigenvalue weighted by molar-refractivity contribution is 6.08. The van der Waals surface area contributed by atoms with Crippen molar-refractivity contribution in [3.05, 3.63) is 76.2 Å². The lowest BCUT2D eigenvalue weighted by atomic mass is 9.92. The van der Waals surface area contributed by atoms with Gasteiger partial charge in [-0.2, -0.15) is 0 Å². The number of aryl methyl sites for hydroxylation is 1. The Morgan fingerprint density at radius 3 is 2.27 bits per heavy atom. The van der Waals surface area contributed by atoms with Gasteiger partial charge in [0.05, 0.1) is 7.11 Å². The van der Waals surface area contributed by atoms with Crippen molar-refractivity contribution in [2.45, 2.75) is 85.1 Å². The summed E-state index contributed by atoms with van der Waals surface area (Å²) in [6.07, 6.45) is 7.22. The first-order valence-corrected chi connectivity index (χ1v) is 17.5. The summed E-state index contributed by atoms with van der Waals surface area (Å²) < 4.78 is 13.5. The largest absolute Gasteiger partial charge is 0.497 e. The maximum absolute atomic E-state index is 14.3. The third-order valence-electron chi connectivity index (χ3n) is 9.13. The number of hydrogen-bond donors (Lipinski definition) is 2. The number of amides is 2. The van der Waals surface area contributed by atoms with E-state index in [1.807, 2.05) is 48.5 Å². The van der Waals surface area contributed by atoms with Gasteiger partial charge in [0.15, 0.2) is 0 Å². The molecule has 0 saturated carbocycles. The molecule has 5 rings (SSSR count). The number of anilines is 2. The van der Waals surface area contributed by atoms with E-state index in [2.05, 4.69) is 55.1 Å². The first-order valence-electron chi connectivity index (χ1n) is 17.5. The Morgan fingerprint density at radius 2 is 1.60 bits per heavy atom. The predicted octanol–water partition coefficient (Wildman–Crippen LogP) is 8.63. The van der Waals surface area contributed by atoms with Crippen molar-refractivity contribution in [1.82, 2.24) is 14.5 Å². The van der Waals surface area contributed by atoms with Crippen molar-refractivity contribution in [3.8, 4) is 22.6 Å². The van der Waals surface area contributed by atoms with Crippen LogP contribution in [0.5, 0.6) is 11.5 Å². The summed E-state index contributed by atoms with van der Waals surface area (Å²) in [5.74, 6) is 1.70. The Labute approximate surface area is 284 Å². The van der Waals surface area contributed by atoms with Gasteiger partial charge < -0.3 is 20.1 Å². The normalized spacial score (nSPS) is 13.7. The third kappa shape index (κ3) is 8.01. The highest BCUT2D eigenvalue weighted by Gasteiger charge is 2.24. The van der Waals surface area contributed by atoms with Gasteiger partial charge in [-0.1, -0.05) is 59.6 Å². The minimum Gasteiger partial charge on any atom is -0.497 e. The molecule has 0 unspecified atom stereocenters. The molecule has 2 aromatic heterocycles. The number of benzene rings is 2. The van der Waals surface area contributed by atoms with Gasteiger partial charge in [0, 0.05) is 35.9 Å². The van der Waals surface area contributed by atoms with E-state index in [9.17, 15) is 9.59 Å². The minimum absolute atomic E-state index is 0.119. The van der Waals surface area contributed by atoms with Gasteiger partial charge in [0.2, 0.25) is 0 Å².